The minimum absolute atomic E-state index is 0.209. The summed E-state index contributed by atoms with van der Waals surface area (Å²) in [5.41, 5.74) is -0.681. The molecule has 2 bridgehead atoms. The molecule has 6 heteroatoms. The quantitative estimate of drug-likeness (QED) is 0.752. The molecule has 0 radical (unpaired) electrons. The van der Waals surface area contributed by atoms with Gasteiger partial charge in [0.15, 0.2) is 0 Å². The summed E-state index contributed by atoms with van der Waals surface area (Å²) in [6, 6.07) is 0. The van der Waals surface area contributed by atoms with E-state index >= 15 is 0 Å². The number of hydrogen-bond donors (Lipinski definition) is 2. The summed E-state index contributed by atoms with van der Waals surface area (Å²) in [4.78, 5) is 25.0. The van der Waals surface area contributed by atoms with E-state index in [2.05, 4.69) is 17.1 Å². The highest BCUT2D eigenvalue weighted by Crippen LogP contribution is 2.73. The molecular formula is C16H28N2O4. The molecule has 0 heterocycles. The van der Waals surface area contributed by atoms with Crippen LogP contribution in [-0.2, 0) is 9.53 Å². The lowest BCUT2D eigenvalue weighted by molar-refractivity contribution is -0.227. The predicted molar refractivity (Wildman–Crippen MR) is 82.7 cm³/mol. The van der Waals surface area contributed by atoms with Gasteiger partial charge in [-0.05, 0) is 52.0 Å². The van der Waals surface area contributed by atoms with Crippen LogP contribution in [0.2, 0.25) is 0 Å². The second-order valence-corrected chi connectivity index (χ2v) is 7.91. The zero-order valence-corrected chi connectivity index (χ0v) is 14.1. The van der Waals surface area contributed by atoms with Crippen LogP contribution in [0, 0.1) is 10.8 Å². The molecule has 0 saturated heterocycles. The summed E-state index contributed by atoms with van der Waals surface area (Å²) < 4.78 is 5.20. The van der Waals surface area contributed by atoms with E-state index in [-0.39, 0.29) is 11.5 Å². The zero-order valence-electron chi connectivity index (χ0n) is 14.1. The van der Waals surface area contributed by atoms with E-state index < -0.39 is 17.0 Å². The Bertz CT molecular complexity index is 436. The number of amides is 1. The van der Waals surface area contributed by atoms with E-state index in [0.717, 1.165) is 38.9 Å². The molecule has 3 aliphatic rings. The summed E-state index contributed by atoms with van der Waals surface area (Å²) in [6.07, 6.45) is 2.04. The van der Waals surface area contributed by atoms with Crippen molar-refractivity contribution in [1.82, 2.24) is 10.2 Å². The molecule has 22 heavy (non-hydrogen) atoms. The molecule has 3 aliphatic carbocycles. The van der Waals surface area contributed by atoms with Gasteiger partial charge in [0.25, 0.3) is 0 Å². The molecule has 3 rings (SSSR count). The van der Waals surface area contributed by atoms with Crippen LogP contribution in [0.5, 0.6) is 0 Å². The number of carboxylic acid groups (broad SMARTS) is 1. The van der Waals surface area contributed by atoms with E-state index in [0.29, 0.717) is 6.54 Å². The molecule has 0 aliphatic heterocycles. The van der Waals surface area contributed by atoms with Gasteiger partial charge in [0.2, 0.25) is 0 Å². The number of hydrogen-bond acceptors (Lipinski definition) is 4. The number of carbonyl (C=O) groups excluding carboxylic acids is 1. The maximum atomic E-state index is 11.6. The molecule has 3 fully saturated rings. The third-order valence-electron chi connectivity index (χ3n) is 4.70. The monoisotopic (exact) mass is 312 g/mol. The Morgan fingerprint density at radius 2 is 1.86 bits per heavy atom. The molecule has 0 aromatic carbocycles. The normalized spacial score (nSPS) is 29.5. The Hall–Kier alpha value is -1.30. The number of aliphatic carboxylic acids is 1. The number of nitrogens with one attached hydrogen (secondary N) is 1. The number of nitrogens with zero attached hydrogens (tertiary/aromatic N) is 1. The molecule has 0 spiro atoms. The van der Waals surface area contributed by atoms with E-state index in [1.807, 2.05) is 20.8 Å². The van der Waals surface area contributed by atoms with Crippen molar-refractivity contribution in [1.29, 1.82) is 0 Å². The van der Waals surface area contributed by atoms with Gasteiger partial charge in [-0.2, -0.15) is 0 Å². The number of likely N-dealkylation sites (N-methyl/N-ethyl adjacent to an activating group) is 1. The maximum absolute atomic E-state index is 11.6. The topological polar surface area (TPSA) is 78.9 Å². The van der Waals surface area contributed by atoms with Gasteiger partial charge in [-0.3, -0.25) is 4.79 Å². The summed E-state index contributed by atoms with van der Waals surface area (Å²) in [5, 5.41) is 11.9. The first-order chi connectivity index (χ1) is 10.1. The first-order valence-electron chi connectivity index (χ1n) is 8.02. The van der Waals surface area contributed by atoms with Crippen LogP contribution in [0.1, 0.15) is 47.0 Å². The van der Waals surface area contributed by atoms with Gasteiger partial charge in [0.1, 0.15) is 5.60 Å². The largest absolute Gasteiger partial charge is 0.481 e. The number of carbonyl (C=O) groups is 2. The van der Waals surface area contributed by atoms with Crippen LogP contribution in [0.25, 0.3) is 0 Å². The fourth-order valence-corrected chi connectivity index (χ4v) is 3.85. The Labute approximate surface area is 132 Å². The first kappa shape index (κ1) is 17.1. The third-order valence-corrected chi connectivity index (χ3v) is 4.70. The molecule has 126 valence electrons. The summed E-state index contributed by atoms with van der Waals surface area (Å²) in [6.45, 7) is 10.7. The number of alkyl carbamates (subject to hydrolysis) is 1. The summed E-state index contributed by atoms with van der Waals surface area (Å²) >= 11 is 0. The second kappa shape index (κ2) is 5.72. The van der Waals surface area contributed by atoms with Crippen LogP contribution in [-0.4, -0.2) is 53.8 Å². The molecular weight excluding hydrogens is 284 g/mol. The van der Waals surface area contributed by atoms with Crippen molar-refractivity contribution in [2.45, 2.75) is 52.6 Å². The fraction of sp³-hybridized carbons (Fsp3) is 0.875. The van der Waals surface area contributed by atoms with Crippen molar-refractivity contribution in [3.63, 3.8) is 0 Å². The second-order valence-electron chi connectivity index (χ2n) is 7.91. The molecule has 0 aromatic heterocycles. The Balaban J connectivity index is 1.67. The van der Waals surface area contributed by atoms with Gasteiger partial charge in [0, 0.05) is 19.6 Å². The zero-order chi connectivity index (χ0) is 16.6. The van der Waals surface area contributed by atoms with Crippen molar-refractivity contribution in [3.8, 4) is 0 Å². The molecule has 2 N–H and O–H groups in total. The molecule has 6 nitrogen and oxygen atoms in total. The highest BCUT2D eigenvalue weighted by atomic mass is 16.6. The van der Waals surface area contributed by atoms with Gasteiger partial charge in [0.05, 0.1) is 5.41 Å². The standard InChI is InChI=1S/C16H28N2O4/c1-5-18(7-6-17-13(21)22-14(2,3)4)11-15-8-16(9-15,10-15)12(19)20/h5-11H2,1-4H3,(H,17,21)(H,19,20). The first-order valence-corrected chi connectivity index (χ1v) is 8.02. The van der Waals surface area contributed by atoms with Gasteiger partial charge >= 0.3 is 12.1 Å². The highest BCUT2D eigenvalue weighted by Gasteiger charge is 2.71. The van der Waals surface area contributed by atoms with Crippen molar-refractivity contribution in [3.05, 3.63) is 0 Å². The maximum Gasteiger partial charge on any atom is 0.407 e. The number of carboxylic acids is 1. The van der Waals surface area contributed by atoms with Crippen molar-refractivity contribution in [2.75, 3.05) is 26.2 Å². The smallest absolute Gasteiger partial charge is 0.407 e. The Morgan fingerprint density at radius 1 is 1.27 bits per heavy atom. The van der Waals surface area contributed by atoms with Crippen LogP contribution < -0.4 is 5.32 Å². The summed E-state index contributed by atoms with van der Waals surface area (Å²) in [7, 11) is 0. The lowest BCUT2D eigenvalue weighted by Crippen LogP contribution is -2.68. The molecule has 0 atom stereocenters. The van der Waals surface area contributed by atoms with Crippen LogP contribution >= 0.6 is 0 Å². The van der Waals surface area contributed by atoms with Gasteiger partial charge in [-0.25, -0.2) is 4.79 Å². The van der Waals surface area contributed by atoms with Gasteiger partial charge < -0.3 is 20.1 Å². The van der Waals surface area contributed by atoms with Crippen LogP contribution in [0.4, 0.5) is 4.79 Å². The molecule has 3 saturated carbocycles. The SMILES string of the molecule is CCN(CCNC(=O)OC(C)(C)C)CC12CC(C(=O)O)(C1)C2. The van der Waals surface area contributed by atoms with Crippen molar-refractivity contribution in [2.24, 2.45) is 10.8 Å². The molecule has 1 amide bonds. The minimum Gasteiger partial charge on any atom is -0.481 e. The lowest BCUT2D eigenvalue weighted by atomic mass is 9.35. The average Bonchev–Trinajstić information content (AvgIpc) is 2.26. The van der Waals surface area contributed by atoms with Crippen molar-refractivity contribution < 1.29 is 19.4 Å². The fourth-order valence-electron chi connectivity index (χ4n) is 3.85. The van der Waals surface area contributed by atoms with Crippen molar-refractivity contribution >= 4 is 12.1 Å². The average molecular weight is 312 g/mol. The number of ether oxygens (including phenoxy) is 1. The Morgan fingerprint density at radius 3 is 2.32 bits per heavy atom. The van der Waals surface area contributed by atoms with Crippen LogP contribution in [0.3, 0.4) is 0 Å². The number of rotatable bonds is 7. The third kappa shape index (κ3) is 3.54. The van der Waals surface area contributed by atoms with Gasteiger partial charge in [-0.15, -0.1) is 0 Å². The lowest BCUT2D eigenvalue weighted by Gasteiger charge is -2.69. The highest BCUT2D eigenvalue weighted by molar-refractivity contribution is 5.79. The van der Waals surface area contributed by atoms with Crippen LogP contribution in [0.15, 0.2) is 0 Å². The van der Waals surface area contributed by atoms with E-state index in [4.69, 9.17) is 9.84 Å². The summed E-state index contributed by atoms with van der Waals surface area (Å²) in [5.74, 6) is -0.635. The predicted octanol–water partition coefficient (Wildman–Crippen LogP) is 2.09. The van der Waals surface area contributed by atoms with Gasteiger partial charge in [-0.1, -0.05) is 6.92 Å². The molecule has 0 aromatic rings. The van der Waals surface area contributed by atoms with E-state index in [1.165, 1.54) is 0 Å². The van der Waals surface area contributed by atoms with E-state index in [9.17, 15) is 9.59 Å². The minimum atomic E-state index is -0.635. The van der Waals surface area contributed by atoms with E-state index in [1.54, 1.807) is 0 Å². The molecule has 0 unspecified atom stereocenters. The Kier molecular flexibility index (Phi) is 4.44.